The predicted molar refractivity (Wildman–Crippen MR) is 73.5 cm³/mol. The largest absolute Gasteiger partial charge is 0.456 e. The van der Waals surface area contributed by atoms with Crippen molar-refractivity contribution in [3.8, 4) is 0 Å². The van der Waals surface area contributed by atoms with Gasteiger partial charge in [0.05, 0.1) is 16.7 Å². The number of rotatable bonds is 1. The lowest BCUT2D eigenvalue weighted by atomic mass is 9.67. The Morgan fingerprint density at radius 1 is 1.15 bits per heavy atom. The van der Waals surface area contributed by atoms with E-state index in [2.05, 4.69) is 6.92 Å². The zero-order chi connectivity index (χ0) is 14.5. The summed E-state index contributed by atoms with van der Waals surface area (Å²) in [4.78, 5) is 26.1. The zero-order valence-electron chi connectivity index (χ0n) is 12.2. The molecule has 1 spiro atoms. The Morgan fingerprint density at radius 2 is 1.80 bits per heavy atom. The van der Waals surface area contributed by atoms with Crippen LogP contribution in [0.4, 0.5) is 0 Å². The molecule has 5 heteroatoms. The molecule has 0 atom stereocenters. The molecule has 1 amide bonds. The van der Waals surface area contributed by atoms with Crippen LogP contribution in [0.5, 0.6) is 0 Å². The number of nitrogens with two attached hydrogens (primary N) is 1. The van der Waals surface area contributed by atoms with Crippen LogP contribution in [0.2, 0.25) is 0 Å². The average molecular weight is 278 g/mol. The fraction of sp³-hybridized carbons (Fsp3) is 0.733. The average Bonchev–Trinajstić information content (AvgIpc) is 2.88. The number of carbonyl (C=O) groups is 2. The van der Waals surface area contributed by atoms with Crippen molar-refractivity contribution in [2.75, 3.05) is 13.2 Å². The van der Waals surface area contributed by atoms with Crippen LogP contribution in [0, 0.1) is 5.41 Å². The first-order chi connectivity index (χ1) is 9.35. The maximum atomic E-state index is 12.8. The molecule has 5 nitrogen and oxygen atoms in total. The molecule has 3 rings (SSSR count). The van der Waals surface area contributed by atoms with Gasteiger partial charge in [0, 0.05) is 12.1 Å². The highest BCUT2D eigenvalue weighted by molar-refractivity contribution is 5.94. The normalized spacial score (nSPS) is 38.0. The predicted octanol–water partition coefficient (Wildman–Crippen LogP) is 1.33. The lowest BCUT2D eigenvalue weighted by Gasteiger charge is -2.39. The summed E-state index contributed by atoms with van der Waals surface area (Å²) in [5.41, 5.74) is 7.12. The molecule has 2 fully saturated rings. The van der Waals surface area contributed by atoms with Crippen molar-refractivity contribution in [3.05, 3.63) is 11.3 Å². The SMILES string of the molecule is CC1=C(N2CCC3(CCC(C)(N)CC3)C2=O)COC1=O. The van der Waals surface area contributed by atoms with Crippen molar-refractivity contribution >= 4 is 11.9 Å². The van der Waals surface area contributed by atoms with Crippen LogP contribution in [0.15, 0.2) is 11.3 Å². The number of carbonyl (C=O) groups excluding carboxylic acids is 2. The van der Waals surface area contributed by atoms with Crippen molar-refractivity contribution < 1.29 is 14.3 Å². The van der Waals surface area contributed by atoms with Gasteiger partial charge in [-0.1, -0.05) is 0 Å². The molecule has 0 aromatic heterocycles. The van der Waals surface area contributed by atoms with E-state index < -0.39 is 0 Å². The van der Waals surface area contributed by atoms with Gasteiger partial charge in [0.15, 0.2) is 0 Å². The molecule has 3 aliphatic rings. The molecule has 0 radical (unpaired) electrons. The van der Waals surface area contributed by atoms with Crippen molar-refractivity contribution in [1.82, 2.24) is 4.90 Å². The number of likely N-dealkylation sites (tertiary alicyclic amines) is 1. The Bertz CT molecular complexity index is 497. The lowest BCUT2D eigenvalue weighted by Crippen LogP contribution is -2.46. The molecule has 0 bridgehead atoms. The Kier molecular flexibility index (Phi) is 2.94. The first kappa shape index (κ1) is 13.6. The topological polar surface area (TPSA) is 72.6 Å². The summed E-state index contributed by atoms with van der Waals surface area (Å²) in [5, 5.41) is 0. The van der Waals surface area contributed by atoms with Crippen molar-refractivity contribution in [3.63, 3.8) is 0 Å². The number of ether oxygens (including phenoxy) is 1. The van der Waals surface area contributed by atoms with Gasteiger partial charge in [-0.05, 0) is 46.0 Å². The van der Waals surface area contributed by atoms with Gasteiger partial charge >= 0.3 is 5.97 Å². The quantitative estimate of drug-likeness (QED) is 0.734. The van der Waals surface area contributed by atoms with E-state index in [1.165, 1.54) is 0 Å². The van der Waals surface area contributed by atoms with Crippen LogP contribution in [0.3, 0.4) is 0 Å². The van der Waals surface area contributed by atoms with Crippen LogP contribution in [-0.4, -0.2) is 35.5 Å². The van der Waals surface area contributed by atoms with Crippen LogP contribution < -0.4 is 5.73 Å². The van der Waals surface area contributed by atoms with Crippen LogP contribution in [-0.2, 0) is 14.3 Å². The number of amides is 1. The van der Waals surface area contributed by atoms with Crippen molar-refractivity contribution in [1.29, 1.82) is 0 Å². The smallest absolute Gasteiger partial charge is 0.336 e. The number of hydrogen-bond donors (Lipinski definition) is 1. The van der Waals surface area contributed by atoms with Crippen molar-refractivity contribution in [2.24, 2.45) is 11.1 Å². The fourth-order valence-corrected chi connectivity index (χ4v) is 3.59. The number of hydrogen-bond acceptors (Lipinski definition) is 4. The van der Waals surface area contributed by atoms with Gasteiger partial charge in [-0.3, -0.25) is 4.79 Å². The van der Waals surface area contributed by atoms with Gasteiger partial charge in [-0.25, -0.2) is 4.79 Å². The van der Waals surface area contributed by atoms with Crippen molar-refractivity contribution in [2.45, 2.75) is 51.5 Å². The first-order valence-corrected chi connectivity index (χ1v) is 7.32. The summed E-state index contributed by atoms with van der Waals surface area (Å²) in [7, 11) is 0. The van der Waals surface area contributed by atoms with Gasteiger partial charge in [0.1, 0.15) is 6.61 Å². The molecular weight excluding hydrogens is 256 g/mol. The molecule has 20 heavy (non-hydrogen) atoms. The Morgan fingerprint density at radius 3 is 2.35 bits per heavy atom. The summed E-state index contributed by atoms with van der Waals surface area (Å²) < 4.78 is 5.02. The third-order valence-electron chi connectivity index (χ3n) is 5.27. The summed E-state index contributed by atoms with van der Waals surface area (Å²) in [5.74, 6) is -0.132. The van der Waals surface area contributed by atoms with Crippen LogP contribution in [0.25, 0.3) is 0 Å². The Hall–Kier alpha value is -1.36. The second-order valence-electron chi connectivity index (χ2n) is 6.79. The highest BCUT2D eigenvalue weighted by Crippen LogP contribution is 2.48. The number of esters is 1. The van der Waals surface area contributed by atoms with Gasteiger partial charge in [-0.15, -0.1) is 0 Å². The summed E-state index contributed by atoms with van der Waals surface area (Å²) in [6.45, 7) is 4.73. The molecule has 2 aliphatic heterocycles. The minimum absolute atomic E-state index is 0.138. The van der Waals surface area contributed by atoms with E-state index in [0.29, 0.717) is 12.1 Å². The summed E-state index contributed by atoms with van der Waals surface area (Å²) in [6, 6.07) is 0. The van der Waals surface area contributed by atoms with Gasteiger partial charge < -0.3 is 15.4 Å². The molecule has 0 aromatic carbocycles. The number of cyclic esters (lactones) is 1. The molecule has 0 aromatic rings. The highest BCUT2D eigenvalue weighted by Gasteiger charge is 2.51. The van der Waals surface area contributed by atoms with E-state index in [1.807, 2.05) is 0 Å². The second kappa shape index (κ2) is 4.32. The Balaban J connectivity index is 1.80. The van der Waals surface area contributed by atoms with Gasteiger partial charge in [0.2, 0.25) is 5.91 Å². The summed E-state index contributed by atoms with van der Waals surface area (Å²) >= 11 is 0. The van der Waals surface area contributed by atoms with E-state index in [-0.39, 0.29) is 29.4 Å². The van der Waals surface area contributed by atoms with E-state index in [9.17, 15) is 9.59 Å². The van der Waals surface area contributed by atoms with E-state index in [0.717, 1.165) is 37.8 Å². The third-order valence-corrected chi connectivity index (χ3v) is 5.27. The maximum Gasteiger partial charge on any atom is 0.336 e. The highest BCUT2D eigenvalue weighted by atomic mass is 16.5. The molecule has 2 heterocycles. The first-order valence-electron chi connectivity index (χ1n) is 7.32. The van der Waals surface area contributed by atoms with Crippen LogP contribution >= 0.6 is 0 Å². The third kappa shape index (κ3) is 1.95. The molecule has 1 saturated heterocycles. The van der Waals surface area contributed by atoms with Gasteiger partial charge in [0.25, 0.3) is 0 Å². The number of nitrogens with zero attached hydrogens (tertiary/aromatic N) is 1. The molecule has 110 valence electrons. The van der Waals surface area contributed by atoms with E-state index in [4.69, 9.17) is 10.5 Å². The minimum Gasteiger partial charge on any atom is -0.456 e. The molecular formula is C15H22N2O3. The molecule has 2 N–H and O–H groups in total. The maximum absolute atomic E-state index is 12.8. The molecule has 0 unspecified atom stereocenters. The standard InChI is InChI=1S/C15H22N2O3/c1-10-11(9-20-12(10)18)17-8-7-15(13(17)19)5-3-14(2,16)4-6-15/h3-9,16H2,1-2H3. The Labute approximate surface area is 119 Å². The van der Waals surface area contributed by atoms with Crippen LogP contribution in [0.1, 0.15) is 46.0 Å². The van der Waals surface area contributed by atoms with Gasteiger partial charge in [-0.2, -0.15) is 0 Å². The second-order valence-corrected chi connectivity index (χ2v) is 6.79. The molecule has 1 aliphatic carbocycles. The van der Waals surface area contributed by atoms with E-state index in [1.54, 1.807) is 11.8 Å². The zero-order valence-corrected chi connectivity index (χ0v) is 12.2. The molecule has 1 saturated carbocycles. The minimum atomic E-state index is -0.299. The van der Waals surface area contributed by atoms with E-state index >= 15 is 0 Å². The fourth-order valence-electron chi connectivity index (χ4n) is 3.59. The lowest BCUT2D eigenvalue weighted by molar-refractivity contribution is -0.138. The monoisotopic (exact) mass is 278 g/mol. The summed E-state index contributed by atoms with van der Waals surface area (Å²) in [6.07, 6.45) is 4.36.